The van der Waals surface area contributed by atoms with E-state index in [4.69, 9.17) is 4.74 Å². The number of likely N-dealkylation sites (tertiary alicyclic amines) is 1. The van der Waals surface area contributed by atoms with E-state index in [1.165, 1.54) is 6.08 Å². The Bertz CT molecular complexity index is 653. The summed E-state index contributed by atoms with van der Waals surface area (Å²) in [5.74, 6) is -0.0259. The molecule has 3 rings (SSSR count). The minimum atomic E-state index is -0.642. The van der Waals surface area contributed by atoms with Gasteiger partial charge < -0.3 is 19.6 Å². The number of aliphatic hydroxyl groups is 1. The van der Waals surface area contributed by atoms with Crippen molar-refractivity contribution in [1.29, 1.82) is 0 Å². The van der Waals surface area contributed by atoms with Crippen molar-refractivity contribution in [3.63, 3.8) is 0 Å². The summed E-state index contributed by atoms with van der Waals surface area (Å²) in [5, 5.41) is 9.39. The molecule has 0 aliphatic carbocycles. The predicted octanol–water partition coefficient (Wildman–Crippen LogP) is 0.953. The minimum Gasteiger partial charge on any atom is -0.394 e. The lowest BCUT2D eigenvalue weighted by molar-refractivity contribution is -0.149. The van der Waals surface area contributed by atoms with E-state index in [0.29, 0.717) is 45.6 Å². The average molecular weight is 358 g/mol. The Morgan fingerprint density at radius 1 is 1.19 bits per heavy atom. The minimum absolute atomic E-state index is 0.0659. The maximum atomic E-state index is 13.5. The normalized spacial score (nSPS) is 22.7. The lowest BCUT2D eigenvalue weighted by Gasteiger charge is -2.45. The first-order chi connectivity index (χ1) is 12.6. The molecule has 2 saturated heterocycles. The second-order valence-electron chi connectivity index (χ2n) is 6.90. The molecule has 1 aromatic carbocycles. The zero-order chi connectivity index (χ0) is 18.6. The third kappa shape index (κ3) is 3.52. The Balaban J connectivity index is 1.86. The van der Waals surface area contributed by atoms with Gasteiger partial charge in [-0.25, -0.2) is 0 Å². The van der Waals surface area contributed by atoms with Gasteiger partial charge in [0.2, 0.25) is 11.8 Å². The van der Waals surface area contributed by atoms with Gasteiger partial charge >= 0.3 is 0 Å². The third-order valence-corrected chi connectivity index (χ3v) is 5.47. The van der Waals surface area contributed by atoms with Gasteiger partial charge in [-0.2, -0.15) is 0 Å². The van der Waals surface area contributed by atoms with Crippen LogP contribution in [0.4, 0.5) is 0 Å². The molecular formula is C20H26N2O4. The van der Waals surface area contributed by atoms with E-state index in [1.807, 2.05) is 35.2 Å². The summed E-state index contributed by atoms with van der Waals surface area (Å²) < 4.78 is 5.49. The first kappa shape index (κ1) is 18.6. The van der Waals surface area contributed by atoms with Crippen molar-refractivity contribution in [3.05, 3.63) is 48.6 Å². The van der Waals surface area contributed by atoms with E-state index in [0.717, 1.165) is 5.56 Å². The van der Waals surface area contributed by atoms with E-state index in [2.05, 4.69) is 6.58 Å². The monoisotopic (exact) mass is 358 g/mol. The molecule has 26 heavy (non-hydrogen) atoms. The van der Waals surface area contributed by atoms with Gasteiger partial charge in [-0.15, -0.1) is 0 Å². The largest absolute Gasteiger partial charge is 0.394 e. The molecule has 1 N–H and O–H groups in total. The summed E-state index contributed by atoms with van der Waals surface area (Å²) in [6.45, 7) is 5.88. The molecule has 0 aromatic heterocycles. The van der Waals surface area contributed by atoms with Crippen LogP contribution in [0.25, 0.3) is 0 Å². The number of hydrogen-bond acceptors (Lipinski definition) is 4. The standard InChI is InChI=1S/C20H26N2O4/c1-2-18(24)21-10-8-20(9-11-21,16-6-4-3-5-7-16)19(25)22-12-13-26-17(14-22)15-23/h2-7,17,23H,1,8-15H2/t17-/m0/s1. The van der Waals surface area contributed by atoms with Gasteiger partial charge in [0.15, 0.2) is 0 Å². The maximum absolute atomic E-state index is 13.5. The zero-order valence-corrected chi connectivity index (χ0v) is 15.0. The number of rotatable bonds is 4. The van der Waals surface area contributed by atoms with Crippen molar-refractivity contribution >= 4 is 11.8 Å². The Kier molecular flexibility index (Phi) is 5.74. The lowest BCUT2D eigenvalue weighted by Crippen LogP contribution is -2.57. The molecule has 0 unspecified atom stereocenters. The van der Waals surface area contributed by atoms with Crippen LogP contribution in [0.5, 0.6) is 0 Å². The fraction of sp³-hybridized carbons (Fsp3) is 0.500. The number of nitrogens with zero attached hydrogens (tertiary/aromatic N) is 2. The zero-order valence-electron chi connectivity index (χ0n) is 15.0. The highest BCUT2D eigenvalue weighted by atomic mass is 16.5. The van der Waals surface area contributed by atoms with E-state index in [1.54, 1.807) is 4.90 Å². The van der Waals surface area contributed by atoms with Gasteiger partial charge in [-0.1, -0.05) is 36.9 Å². The van der Waals surface area contributed by atoms with Gasteiger partial charge in [0.25, 0.3) is 0 Å². The summed E-state index contributed by atoms with van der Waals surface area (Å²) in [7, 11) is 0. The molecule has 1 aromatic rings. The number of hydrogen-bond donors (Lipinski definition) is 1. The smallest absolute Gasteiger partial charge is 0.245 e. The van der Waals surface area contributed by atoms with Gasteiger partial charge in [0.1, 0.15) is 0 Å². The number of aliphatic hydroxyl groups excluding tert-OH is 1. The fourth-order valence-corrected chi connectivity index (χ4v) is 3.94. The van der Waals surface area contributed by atoms with Crippen molar-refractivity contribution in [1.82, 2.24) is 9.80 Å². The molecule has 0 spiro atoms. The molecule has 2 aliphatic heterocycles. The van der Waals surface area contributed by atoms with Crippen LogP contribution in [0.1, 0.15) is 18.4 Å². The summed E-state index contributed by atoms with van der Waals surface area (Å²) in [6.07, 6.45) is 2.15. The van der Waals surface area contributed by atoms with Gasteiger partial charge in [-0.3, -0.25) is 9.59 Å². The Hall–Kier alpha value is -2.18. The van der Waals surface area contributed by atoms with Crippen molar-refractivity contribution in [3.8, 4) is 0 Å². The Morgan fingerprint density at radius 3 is 2.50 bits per heavy atom. The number of ether oxygens (including phenoxy) is 1. The molecule has 6 heteroatoms. The maximum Gasteiger partial charge on any atom is 0.245 e. The third-order valence-electron chi connectivity index (χ3n) is 5.47. The lowest BCUT2D eigenvalue weighted by atomic mass is 9.71. The first-order valence-electron chi connectivity index (χ1n) is 9.09. The van der Waals surface area contributed by atoms with E-state index < -0.39 is 5.41 Å². The van der Waals surface area contributed by atoms with Crippen molar-refractivity contribution in [2.75, 3.05) is 39.4 Å². The molecule has 0 bridgehead atoms. The molecule has 2 fully saturated rings. The van der Waals surface area contributed by atoms with E-state index in [-0.39, 0.29) is 24.5 Å². The number of amides is 2. The van der Waals surface area contributed by atoms with Crippen LogP contribution in [0.2, 0.25) is 0 Å². The van der Waals surface area contributed by atoms with Crippen LogP contribution >= 0.6 is 0 Å². The Labute approximate surface area is 154 Å². The molecule has 2 aliphatic rings. The van der Waals surface area contributed by atoms with Gasteiger partial charge in [0, 0.05) is 26.2 Å². The number of benzene rings is 1. The number of piperidine rings is 1. The molecule has 1 atom stereocenters. The summed E-state index contributed by atoms with van der Waals surface area (Å²) in [6, 6.07) is 9.82. The van der Waals surface area contributed by atoms with E-state index >= 15 is 0 Å². The molecule has 2 heterocycles. The molecule has 0 radical (unpaired) electrons. The van der Waals surface area contributed by atoms with Gasteiger partial charge in [-0.05, 0) is 24.5 Å². The summed E-state index contributed by atoms with van der Waals surface area (Å²) in [4.78, 5) is 29.0. The number of carbonyl (C=O) groups is 2. The average Bonchev–Trinajstić information content (AvgIpc) is 2.73. The second-order valence-corrected chi connectivity index (χ2v) is 6.90. The van der Waals surface area contributed by atoms with E-state index in [9.17, 15) is 14.7 Å². The van der Waals surface area contributed by atoms with Crippen LogP contribution in [0.3, 0.4) is 0 Å². The van der Waals surface area contributed by atoms with Crippen LogP contribution < -0.4 is 0 Å². The van der Waals surface area contributed by atoms with Crippen LogP contribution in [-0.4, -0.2) is 72.2 Å². The second kappa shape index (κ2) is 8.01. The first-order valence-corrected chi connectivity index (χ1v) is 9.09. The van der Waals surface area contributed by atoms with Crippen molar-refractivity contribution in [2.45, 2.75) is 24.4 Å². The molecule has 0 saturated carbocycles. The van der Waals surface area contributed by atoms with Crippen molar-refractivity contribution in [2.24, 2.45) is 0 Å². The van der Waals surface area contributed by atoms with Crippen LogP contribution in [0.15, 0.2) is 43.0 Å². The molecular weight excluding hydrogens is 332 g/mol. The SMILES string of the molecule is C=CC(=O)N1CCC(C(=O)N2CCO[C@H](CO)C2)(c2ccccc2)CC1. The highest BCUT2D eigenvalue weighted by Crippen LogP contribution is 2.38. The highest BCUT2D eigenvalue weighted by molar-refractivity contribution is 5.90. The topological polar surface area (TPSA) is 70.1 Å². The van der Waals surface area contributed by atoms with Crippen molar-refractivity contribution < 1.29 is 19.4 Å². The number of carbonyl (C=O) groups excluding carboxylic acids is 2. The molecule has 6 nitrogen and oxygen atoms in total. The molecule has 2 amide bonds. The van der Waals surface area contributed by atoms with Crippen LogP contribution in [0, 0.1) is 0 Å². The summed E-state index contributed by atoms with van der Waals surface area (Å²) in [5.41, 5.74) is 0.346. The van der Waals surface area contributed by atoms with Gasteiger partial charge in [0.05, 0.1) is 24.7 Å². The quantitative estimate of drug-likeness (QED) is 0.814. The molecule has 140 valence electrons. The Morgan fingerprint density at radius 2 is 1.88 bits per heavy atom. The predicted molar refractivity (Wildman–Crippen MR) is 97.5 cm³/mol. The summed E-state index contributed by atoms with van der Waals surface area (Å²) >= 11 is 0. The fourth-order valence-electron chi connectivity index (χ4n) is 3.94. The number of morpholine rings is 1. The highest BCUT2D eigenvalue weighted by Gasteiger charge is 2.46. The van der Waals surface area contributed by atoms with Crippen LogP contribution in [-0.2, 0) is 19.7 Å².